The van der Waals surface area contributed by atoms with Gasteiger partial charge in [0, 0.05) is 6.04 Å². The predicted molar refractivity (Wildman–Crippen MR) is 75.7 cm³/mol. The van der Waals surface area contributed by atoms with Crippen LogP contribution >= 0.6 is 0 Å². The molecule has 2 N–H and O–H groups in total. The molecular weight excluding hydrogens is 279 g/mol. The van der Waals surface area contributed by atoms with E-state index < -0.39 is 11.7 Å². The van der Waals surface area contributed by atoms with Crippen molar-refractivity contribution < 1.29 is 13.2 Å². The molecule has 1 aliphatic rings. The Morgan fingerprint density at radius 1 is 1.14 bits per heavy atom. The molecule has 1 fully saturated rings. The molecule has 3 rings (SSSR count). The summed E-state index contributed by atoms with van der Waals surface area (Å²) in [6.45, 7) is 8.53. The van der Waals surface area contributed by atoms with E-state index in [2.05, 4.69) is 32.7 Å². The second-order valence-electron chi connectivity index (χ2n) is 6.89. The van der Waals surface area contributed by atoms with Crippen molar-refractivity contribution in [3.63, 3.8) is 0 Å². The van der Waals surface area contributed by atoms with Gasteiger partial charge in [-0.15, -0.1) is 0 Å². The Bertz CT molecular complexity index is 712. The molecule has 0 aliphatic heterocycles. The predicted octanol–water partition coefficient (Wildman–Crippen LogP) is 4.24. The molecule has 1 saturated carbocycles. The number of imidazole rings is 1. The summed E-state index contributed by atoms with van der Waals surface area (Å²) in [6, 6.07) is 3.74. The van der Waals surface area contributed by atoms with Crippen LogP contribution in [0.4, 0.5) is 19.1 Å². The summed E-state index contributed by atoms with van der Waals surface area (Å²) in [5.74, 6) is 0.271. The van der Waals surface area contributed by atoms with Crippen molar-refractivity contribution in [3.05, 3.63) is 23.8 Å². The van der Waals surface area contributed by atoms with Gasteiger partial charge >= 0.3 is 6.18 Å². The van der Waals surface area contributed by atoms with Crippen molar-refractivity contribution in [3.8, 4) is 0 Å². The lowest BCUT2D eigenvalue weighted by Crippen LogP contribution is -2.06. The number of hydrogen-bond donors (Lipinski definition) is 1. The monoisotopic (exact) mass is 297 g/mol. The van der Waals surface area contributed by atoms with E-state index in [0.717, 1.165) is 12.1 Å². The smallest absolute Gasteiger partial charge is 0.369 e. The second kappa shape index (κ2) is 3.72. The molecule has 114 valence electrons. The maximum atomic E-state index is 12.8. The maximum absolute atomic E-state index is 12.8. The topological polar surface area (TPSA) is 43.8 Å². The van der Waals surface area contributed by atoms with Gasteiger partial charge < -0.3 is 10.3 Å². The summed E-state index contributed by atoms with van der Waals surface area (Å²) >= 11 is 0. The number of benzene rings is 1. The van der Waals surface area contributed by atoms with Gasteiger partial charge in [0.25, 0.3) is 0 Å². The van der Waals surface area contributed by atoms with E-state index in [4.69, 9.17) is 5.73 Å². The van der Waals surface area contributed by atoms with Crippen LogP contribution in [0.5, 0.6) is 0 Å². The average molecular weight is 297 g/mol. The average Bonchev–Trinajstić information content (AvgIpc) is 2.62. The number of nitrogens with two attached hydrogens (primary N) is 1. The first-order valence-electron chi connectivity index (χ1n) is 6.82. The lowest BCUT2D eigenvalue weighted by molar-refractivity contribution is -0.137. The first-order valence-corrected chi connectivity index (χ1v) is 6.82. The molecule has 0 spiro atoms. The Morgan fingerprint density at radius 2 is 1.71 bits per heavy atom. The van der Waals surface area contributed by atoms with E-state index in [9.17, 15) is 13.2 Å². The number of aromatic nitrogens is 2. The van der Waals surface area contributed by atoms with Crippen LogP contribution in [0.25, 0.3) is 11.0 Å². The molecule has 1 aromatic carbocycles. The molecule has 0 saturated heterocycles. The zero-order valence-electron chi connectivity index (χ0n) is 12.4. The van der Waals surface area contributed by atoms with Gasteiger partial charge in [-0.2, -0.15) is 13.2 Å². The Kier molecular flexibility index (Phi) is 2.52. The quantitative estimate of drug-likeness (QED) is 0.855. The van der Waals surface area contributed by atoms with E-state index in [1.54, 1.807) is 0 Å². The van der Waals surface area contributed by atoms with Crippen LogP contribution in [0, 0.1) is 10.8 Å². The summed E-state index contributed by atoms with van der Waals surface area (Å²) in [7, 11) is 0. The first kappa shape index (κ1) is 14.2. The zero-order valence-corrected chi connectivity index (χ0v) is 12.4. The lowest BCUT2D eigenvalue weighted by atomic mass is 10.0. The van der Waals surface area contributed by atoms with E-state index in [-0.39, 0.29) is 22.8 Å². The maximum Gasteiger partial charge on any atom is 0.416 e. The number of alkyl halides is 3. The van der Waals surface area contributed by atoms with Gasteiger partial charge in [-0.1, -0.05) is 27.7 Å². The number of nitrogen functional groups attached to an aromatic ring is 1. The van der Waals surface area contributed by atoms with Crippen LogP contribution in [0.1, 0.15) is 39.3 Å². The van der Waals surface area contributed by atoms with Gasteiger partial charge in [0.05, 0.1) is 16.6 Å². The van der Waals surface area contributed by atoms with Gasteiger partial charge in [0.15, 0.2) is 0 Å². The Balaban J connectivity index is 2.17. The van der Waals surface area contributed by atoms with Crippen LogP contribution < -0.4 is 5.73 Å². The SMILES string of the molecule is CC1(C)C(n2c(N)nc3cc(C(F)(F)F)ccc32)C1(C)C. The second-order valence-corrected chi connectivity index (χ2v) is 6.89. The molecular formula is C15H18F3N3. The Hall–Kier alpha value is -1.72. The molecule has 0 amide bonds. The van der Waals surface area contributed by atoms with E-state index >= 15 is 0 Å². The largest absolute Gasteiger partial charge is 0.416 e. The van der Waals surface area contributed by atoms with Crippen molar-refractivity contribution in [2.45, 2.75) is 39.9 Å². The van der Waals surface area contributed by atoms with E-state index in [0.29, 0.717) is 11.0 Å². The van der Waals surface area contributed by atoms with Crippen LogP contribution in [0.3, 0.4) is 0 Å². The molecule has 0 atom stereocenters. The minimum absolute atomic E-state index is 0.0252. The van der Waals surface area contributed by atoms with Gasteiger partial charge in [-0.05, 0) is 29.0 Å². The van der Waals surface area contributed by atoms with Gasteiger partial charge in [-0.25, -0.2) is 4.98 Å². The first-order chi connectivity index (χ1) is 9.48. The third kappa shape index (κ3) is 1.77. The van der Waals surface area contributed by atoms with Gasteiger partial charge in [0.2, 0.25) is 5.95 Å². The highest BCUT2D eigenvalue weighted by atomic mass is 19.4. The minimum atomic E-state index is -4.37. The summed E-state index contributed by atoms with van der Waals surface area (Å²) in [5.41, 5.74) is 6.27. The summed E-state index contributed by atoms with van der Waals surface area (Å²) in [4.78, 5) is 4.12. The zero-order chi connectivity index (χ0) is 15.8. The lowest BCUT2D eigenvalue weighted by Gasteiger charge is -2.10. The van der Waals surface area contributed by atoms with Gasteiger partial charge in [-0.3, -0.25) is 0 Å². The van der Waals surface area contributed by atoms with Crippen molar-refractivity contribution in [1.29, 1.82) is 0 Å². The minimum Gasteiger partial charge on any atom is -0.369 e. The molecule has 1 aromatic heterocycles. The van der Waals surface area contributed by atoms with Gasteiger partial charge in [0.1, 0.15) is 0 Å². The molecule has 1 heterocycles. The third-order valence-electron chi connectivity index (χ3n) is 5.25. The number of halogens is 3. The molecule has 0 unspecified atom stereocenters. The van der Waals surface area contributed by atoms with Crippen LogP contribution in [-0.4, -0.2) is 9.55 Å². The van der Waals surface area contributed by atoms with Crippen LogP contribution in [0.15, 0.2) is 18.2 Å². The highest BCUT2D eigenvalue weighted by molar-refractivity contribution is 5.80. The van der Waals surface area contributed by atoms with Crippen molar-refractivity contribution >= 4 is 17.0 Å². The fourth-order valence-corrected chi connectivity index (χ4v) is 3.37. The molecule has 3 nitrogen and oxygen atoms in total. The molecule has 21 heavy (non-hydrogen) atoms. The fraction of sp³-hybridized carbons (Fsp3) is 0.533. The fourth-order valence-electron chi connectivity index (χ4n) is 3.37. The molecule has 6 heteroatoms. The highest BCUT2D eigenvalue weighted by Crippen LogP contribution is 2.72. The number of anilines is 1. The number of fused-ring (bicyclic) bond motifs is 1. The normalized spacial score (nSPS) is 20.9. The Labute approximate surface area is 121 Å². The number of nitrogens with zero attached hydrogens (tertiary/aromatic N) is 2. The molecule has 2 aromatic rings. The van der Waals surface area contributed by atoms with Crippen molar-refractivity contribution in [2.24, 2.45) is 10.8 Å². The third-order valence-corrected chi connectivity index (χ3v) is 5.25. The molecule has 1 aliphatic carbocycles. The molecule has 0 radical (unpaired) electrons. The van der Waals surface area contributed by atoms with Crippen molar-refractivity contribution in [2.75, 3.05) is 5.73 Å². The van der Waals surface area contributed by atoms with E-state index in [1.807, 2.05) is 4.57 Å². The Morgan fingerprint density at radius 3 is 2.19 bits per heavy atom. The standard InChI is InChI=1S/C15H18F3N3/c1-13(2)11(14(13,3)4)21-10-6-5-8(15(16,17)18)7-9(10)20-12(21)19/h5-7,11H,1-4H3,(H2,19,20). The number of hydrogen-bond acceptors (Lipinski definition) is 2. The highest BCUT2D eigenvalue weighted by Gasteiger charge is 2.66. The summed E-state index contributed by atoms with van der Waals surface area (Å²) < 4.78 is 40.2. The van der Waals surface area contributed by atoms with Crippen LogP contribution in [-0.2, 0) is 6.18 Å². The number of rotatable bonds is 1. The van der Waals surface area contributed by atoms with Crippen molar-refractivity contribution in [1.82, 2.24) is 9.55 Å². The van der Waals surface area contributed by atoms with E-state index in [1.165, 1.54) is 6.07 Å². The molecule has 0 bridgehead atoms. The summed E-state index contributed by atoms with van der Waals surface area (Å²) in [6.07, 6.45) is -4.37. The summed E-state index contributed by atoms with van der Waals surface area (Å²) in [5, 5.41) is 0. The van der Waals surface area contributed by atoms with Crippen LogP contribution in [0.2, 0.25) is 0 Å².